The molecule has 0 radical (unpaired) electrons. The van der Waals surface area contributed by atoms with Crippen LogP contribution in [-0.2, 0) is 0 Å². The fourth-order valence-electron chi connectivity index (χ4n) is 2.01. The van der Waals surface area contributed by atoms with E-state index in [9.17, 15) is 9.90 Å². The van der Waals surface area contributed by atoms with Crippen molar-refractivity contribution in [3.05, 3.63) is 65.5 Å². The molecule has 2 heterocycles. The highest BCUT2D eigenvalue weighted by Gasteiger charge is 2.08. The van der Waals surface area contributed by atoms with E-state index in [1.165, 1.54) is 6.07 Å². The number of phenolic OH excluding ortho intramolecular Hbond substituents is 1. The summed E-state index contributed by atoms with van der Waals surface area (Å²) in [6.45, 7) is 0. The van der Waals surface area contributed by atoms with Crippen LogP contribution in [0.25, 0.3) is 16.9 Å². The number of phenols is 1. The summed E-state index contributed by atoms with van der Waals surface area (Å²) >= 11 is 0. The number of aromatic nitrogens is 3. The Morgan fingerprint density at radius 1 is 1.20 bits per heavy atom. The fraction of sp³-hybridized carbons (Fsp3) is 0. The summed E-state index contributed by atoms with van der Waals surface area (Å²) < 4.78 is 2.77. The van der Waals surface area contributed by atoms with Crippen LogP contribution in [0.2, 0.25) is 0 Å². The molecule has 3 N–H and O–H groups in total. The minimum atomic E-state index is -0.338. The van der Waals surface area contributed by atoms with Gasteiger partial charge < -0.3 is 15.5 Å². The van der Waals surface area contributed by atoms with Crippen molar-refractivity contribution in [1.82, 2.24) is 14.2 Å². The van der Waals surface area contributed by atoms with Crippen molar-refractivity contribution in [2.45, 2.75) is 0 Å². The lowest BCUT2D eigenvalue weighted by molar-refractivity contribution is 0.475. The quantitative estimate of drug-likeness (QED) is 0.682. The number of pyridine rings is 1. The van der Waals surface area contributed by atoms with Crippen LogP contribution >= 0.6 is 0 Å². The molecule has 0 aliphatic carbocycles. The Morgan fingerprint density at radius 2 is 2.05 bits per heavy atom. The lowest BCUT2D eigenvalue weighted by Crippen LogP contribution is -2.28. The van der Waals surface area contributed by atoms with E-state index in [4.69, 9.17) is 5.84 Å². The van der Waals surface area contributed by atoms with Crippen LogP contribution in [0.5, 0.6) is 5.75 Å². The first kappa shape index (κ1) is 12.0. The average Bonchev–Trinajstić information content (AvgIpc) is 2.95. The highest BCUT2D eigenvalue weighted by molar-refractivity contribution is 5.64. The molecule has 20 heavy (non-hydrogen) atoms. The molecule has 0 aliphatic rings. The van der Waals surface area contributed by atoms with E-state index in [0.29, 0.717) is 16.9 Å². The maximum Gasteiger partial charge on any atom is 0.271 e. The summed E-state index contributed by atoms with van der Waals surface area (Å²) in [5.41, 5.74) is 1.49. The Labute approximate surface area is 114 Å². The number of hydrogen-bond acceptors (Lipinski definition) is 4. The molecule has 1 aromatic carbocycles. The Bertz CT molecular complexity index is 806. The lowest BCUT2D eigenvalue weighted by Gasteiger charge is -2.11. The molecule has 2 aromatic heterocycles. The molecule has 6 heteroatoms. The van der Waals surface area contributed by atoms with Crippen molar-refractivity contribution in [2.24, 2.45) is 0 Å². The number of hydrogen-bond donors (Lipinski definition) is 2. The Balaban J connectivity index is 2.23. The lowest BCUT2D eigenvalue weighted by atomic mass is 10.1. The van der Waals surface area contributed by atoms with Gasteiger partial charge >= 0.3 is 0 Å². The summed E-state index contributed by atoms with van der Waals surface area (Å²) in [4.78, 5) is 15.9. The first-order chi connectivity index (χ1) is 9.65. The number of imidazole rings is 1. The highest BCUT2D eigenvalue weighted by atomic mass is 16.3. The molecular formula is C14H12N4O2. The van der Waals surface area contributed by atoms with Gasteiger partial charge in [-0.1, -0.05) is 12.1 Å². The molecule has 0 saturated heterocycles. The average molecular weight is 268 g/mol. The van der Waals surface area contributed by atoms with E-state index in [1.807, 2.05) is 0 Å². The Morgan fingerprint density at radius 3 is 2.75 bits per heavy atom. The van der Waals surface area contributed by atoms with E-state index < -0.39 is 0 Å². The first-order valence-corrected chi connectivity index (χ1v) is 5.95. The molecule has 0 bridgehead atoms. The van der Waals surface area contributed by atoms with Gasteiger partial charge in [-0.25, -0.2) is 9.66 Å². The number of nitrogen functional groups attached to an aromatic ring is 1. The van der Waals surface area contributed by atoms with Gasteiger partial charge in [0.2, 0.25) is 0 Å². The molecule has 100 valence electrons. The summed E-state index contributed by atoms with van der Waals surface area (Å²) in [6.07, 6.45) is 4.96. The summed E-state index contributed by atoms with van der Waals surface area (Å²) in [7, 11) is 0. The van der Waals surface area contributed by atoms with Crippen molar-refractivity contribution in [3.63, 3.8) is 0 Å². The molecule has 0 fully saturated rings. The van der Waals surface area contributed by atoms with Crippen molar-refractivity contribution in [2.75, 3.05) is 5.84 Å². The zero-order valence-corrected chi connectivity index (χ0v) is 10.5. The summed E-state index contributed by atoms with van der Waals surface area (Å²) in [6, 6.07) is 9.76. The minimum Gasteiger partial charge on any atom is -0.508 e. The fourth-order valence-corrected chi connectivity index (χ4v) is 2.01. The minimum absolute atomic E-state index is 0.114. The maximum absolute atomic E-state index is 12.0. The summed E-state index contributed by atoms with van der Waals surface area (Å²) in [5.74, 6) is 5.90. The van der Waals surface area contributed by atoms with Gasteiger partial charge in [-0.2, -0.15) is 0 Å². The molecule has 6 nitrogen and oxygen atoms in total. The number of rotatable bonds is 2. The number of nitrogens with zero attached hydrogens (tertiary/aromatic N) is 3. The largest absolute Gasteiger partial charge is 0.508 e. The molecule has 0 aliphatic heterocycles. The van der Waals surface area contributed by atoms with Gasteiger partial charge in [0.15, 0.2) is 0 Å². The van der Waals surface area contributed by atoms with Crippen molar-refractivity contribution < 1.29 is 5.11 Å². The SMILES string of the molecule is Nn1c(-c2cccc(O)c2)cc(-n2ccnc2)cc1=O. The second-order valence-electron chi connectivity index (χ2n) is 4.33. The van der Waals surface area contributed by atoms with Crippen molar-refractivity contribution in [1.29, 1.82) is 0 Å². The van der Waals surface area contributed by atoms with Gasteiger partial charge in [-0.3, -0.25) is 4.79 Å². The van der Waals surface area contributed by atoms with E-state index in [2.05, 4.69) is 4.98 Å². The van der Waals surface area contributed by atoms with Crippen LogP contribution in [0, 0.1) is 0 Å². The Hall–Kier alpha value is -3.02. The predicted octanol–water partition coefficient (Wildman–Crippen LogP) is 1.12. The number of benzene rings is 1. The number of aromatic hydroxyl groups is 1. The second-order valence-corrected chi connectivity index (χ2v) is 4.33. The van der Waals surface area contributed by atoms with E-state index in [-0.39, 0.29) is 11.3 Å². The third-order valence-electron chi connectivity index (χ3n) is 3.00. The van der Waals surface area contributed by atoms with Crippen LogP contribution in [0.1, 0.15) is 0 Å². The van der Waals surface area contributed by atoms with E-state index >= 15 is 0 Å². The van der Waals surface area contributed by atoms with Crippen LogP contribution < -0.4 is 11.4 Å². The van der Waals surface area contributed by atoms with Crippen molar-refractivity contribution in [3.8, 4) is 22.7 Å². The van der Waals surface area contributed by atoms with Gasteiger partial charge in [0.05, 0.1) is 17.7 Å². The van der Waals surface area contributed by atoms with Gasteiger partial charge in [-0.05, 0) is 18.2 Å². The summed E-state index contributed by atoms with van der Waals surface area (Å²) in [5, 5.41) is 9.54. The smallest absolute Gasteiger partial charge is 0.271 e. The van der Waals surface area contributed by atoms with Crippen molar-refractivity contribution >= 4 is 0 Å². The molecule has 0 amide bonds. The van der Waals surface area contributed by atoms with Gasteiger partial charge in [0.25, 0.3) is 5.56 Å². The van der Waals surface area contributed by atoms with Gasteiger partial charge in [-0.15, -0.1) is 0 Å². The maximum atomic E-state index is 12.0. The predicted molar refractivity (Wildman–Crippen MR) is 75.1 cm³/mol. The van der Waals surface area contributed by atoms with Gasteiger partial charge in [0.1, 0.15) is 5.75 Å². The zero-order chi connectivity index (χ0) is 14.1. The molecule has 3 rings (SSSR count). The Kier molecular flexibility index (Phi) is 2.76. The number of nitrogens with two attached hydrogens (primary N) is 1. The highest BCUT2D eigenvalue weighted by Crippen LogP contribution is 2.23. The van der Waals surface area contributed by atoms with Gasteiger partial charge in [0, 0.05) is 24.0 Å². The molecule has 0 saturated carbocycles. The zero-order valence-electron chi connectivity index (χ0n) is 10.5. The van der Waals surface area contributed by atoms with E-state index in [0.717, 1.165) is 4.68 Å². The molecular weight excluding hydrogens is 256 g/mol. The van der Waals surface area contributed by atoms with Crippen LogP contribution in [0.3, 0.4) is 0 Å². The van der Waals surface area contributed by atoms with Crippen LogP contribution in [0.15, 0.2) is 59.9 Å². The van der Waals surface area contributed by atoms with Crippen LogP contribution in [-0.4, -0.2) is 19.3 Å². The second kappa shape index (κ2) is 4.58. The van der Waals surface area contributed by atoms with E-state index in [1.54, 1.807) is 53.6 Å². The topological polar surface area (TPSA) is 86.1 Å². The molecule has 0 spiro atoms. The molecule has 3 aromatic rings. The normalized spacial score (nSPS) is 10.6. The molecule has 0 unspecified atom stereocenters. The first-order valence-electron chi connectivity index (χ1n) is 5.95. The monoisotopic (exact) mass is 268 g/mol. The molecule has 0 atom stereocenters. The third kappa shape index (κ3) is 2.03. The standard InChI is InChI=1S/C14H12N4O2/c15-18-13(10-2-1-3-12(19)6-10)7-11(8-14(18)20)17-5-4-16-9-17/h1-9,19H,15H2. The van der Waals surface area contributed by atoms with Crippen LogP contribution in [0.4, 0.5) is 0 Å². The third-order valence-corrected chi connectivity index (χ3v) is 3.00.